The number of carbonyl (C=O) groups is 1. The van der Waals surface area contributed by atoms with Crippen LogP contribution in [-0.4, -0.2) is 18.5 Å². The van der Waals surface area contributed by atoms with E-state index in [0.717, 1.165) is 18.9 Å². The van der Waals surface area contributed by atoms with Crippen LogP contribution in [0.5, 0.6) is 0 Å². The zero-order chi connectivity index (χ0) is 11.1. The van der Waals surface area contributed by atoms with Crippen molar-refractivity contribution in [3.63, 3.8) is 0 Å². The molecule has 1 saturated carbocycles. The molecular formula is C12H24N2O. The Kier molecular flexibility index (Phi) is 5.69. The van der Waals surface area contributed by atoms with Gasteiger partial charge in [-0.05, 0) is 25.3 Å². The molecule has 0 aromatic carbocycles. The highest BCUT2D eigenvalue weighted by Crippen LogP contribution is 2.25. The van der Waals surface area contributed by atoms with Crippen molar-refractivity contribution in [2.75, 3.05) is 6.54 Å². The number of rotatable bonds is 6. The van der Waals surface area contributed by atoms with Crippen LogP contribution in [0.2, 0.25) is 0 Å². The van der Waals surface area contributed by atoms with Crippen LogP contribution in [-0.2, 0) is 4.79 Å². The molecule has 0 heterocycles. The molecule has 0 aromatic rings. The third-order valence-corrected chi connectivity index (χ3v) is 3.42. The Balaban J connectivity index is 2.11. The SMILES string of the molecule is CCC(NCCC1CCCCC1)C(N)=O. The van der Waals surface area contributed by atoms with Gasteiger partial charge >= 0.3 is 0 Å². The molecule has 0 radical (unpaired) electrons. The number of hydrogen-bond donors (Lipinski definition) is 2. The minimum absolute atomic E-state index is 0.131. The summed E-state index contributed by atoms with van der Waals surface area (Å²) >= 11 is 0. The maximum Gasteiger partial charge on any atom is 0.234 e. The minimum atomic E-state index is -0.221. The fourth-order valence-corrected chi connectivity index (χ4v) is 2.38. The molecule has 1 amide bonds. The Morgan fingerprint density at radius 2 is 2.07 bits per heavy atom. The lowest BCUT2D eigenvalue weighted by atomic mass is 9.87. The topological polar surface area (TPSA) is 55.1 Å². The van der Waals surface area contributed by atoms with Crippen molar-refractivity contribution in [2.24, 2.45) is 11.7 Å². The molecule has 88 valence electrons. The molecule has 0 saturated heterocycles. The van der Waals surface area contributed by atoms with Crippen LogP contribution >= 0.6 is 0 Å². The van der Waals surface area contributed by atoms with Crippen LogP contribution < -0.4 is 11.1 Å². The molecule has 1 atom stereocenters. The van der Waals surface area contributed by atoms with Crippen molar-refractivity contribution in [1.82, 2.24) is 5.32 Å². The predicted octanol–water partition coefficient (Wildman–Crippen LogP) is 1.81. The molecule has 1 aliphatic carbocycles. The summed E-state index contributed by atoms with van der Waals surface area (Å²) in [5.41, 5.74) is 5.27. The van der Waals surface area contributed by atoms with Gasteiger partial charge in [0.15, 0.2) is 0 Å². The summed E-state index contributed by atoms with van der Waals surface area (Å²) < 4.78 is 0. The molecule has 15 heavy (non-hydrogen) atoms. The highest BCUT2D eigenvalue weighted by molar-refractivity contribution is 5.79. The van der Waals surface area contributed by atoms with E-state index in [-0.39, 0.29) is 11.9 Å². The normalized spacial score (nSPS) is 20.1. The Morgan fingerprint density at radius 3 is 2.60 bits per heavy atom. The maximum absolute atomic E-state index is 11.0. The average Bonchev–Trinajstić information content (AvgIpc) is 2.25. The van der Waals surface area contributed by atoms with Crippen molar-refractivity contribution in [1.29, 1.82) is 0 Å². The third-order valence-electron chi connectivity index (χ3n) is 3.42. The van der Waals surface area contributed by atoms with E-state index < -0.39 is 0 Å². The van der Waals surface area contributed by atoms with E-state index in [1.165, 1.54) is 38.5 Å². The van der Waals surface area contributed by atoms with Gasteiger partial charge in [0.1, 0.15) is 0 Å². The number of carbonyl (C=O) groups excluding carboxylic acids is 1. The van der Waals surface area contributed by atoms with Gasteiger partial charge in [-0.3, -0.25) is 4.79 Å². The van der Waals surface area contributed by atoms with Crippen LogP contribution in [0, 0.1) is 5.92 Å². The van der Waals surface area contributed by atoms with E-state index in [1.807, 2.05) is 6.92 Å². The average molecular weight is 212 g/mol. The molecule has 0 aliphatic heterocycles. The van der Waals surface area contributed by atoms with Crippen molar-refractivity contribution in [3.8, 4) is 0 Å². The summed E-state index contributed by atoms with van der Waals surface area (Å²) in [5.74, 6) is 0.651. The van der Waals surface area contributed by atoms with Gasteiger partial charge in [0, 0.05) is 0 Å². The molecular weight excluding hydrogens is 188 g/mol. The fourth-order valence-electron chi connectivity index (χ4n) is 2.38. The second kappa shape index (κ2) is 6.83. The molecule has 3 N–H and O–H groups in total. The minimum Gasteiger partial charge on any atom is -0.368 e. The number of nitrogens with two attached hydrogens (primary N) is 1. The molecule has 1 rings (SSSR count). The summed E-state index contributed by atoms with van der Waals surface area (Å²) in [6, 6.07) is -0.131. The summed E-state index contributed by atoms with van der Waals surface area (Å²) in [5, 5.41) is 3.24. The van der Waals surface area contributed by atoms with Gasteiger partial charge in [-0.25, -0.2) is 0 Å². The molecule has 0 aromatic heterocycles. The van der Waals surface area contributed by atoms with E-state index in [9.17, 15) is 4.79 Å². The van der Waals surface area contributed by atoms with Crippen LogP contribution in [0.3, 0.4) is 0 Å². The number of amides is 1. The number of nitrogens with one attached hydrogen (secondary N) is 1. The fraction of sp³-hybridized carbons (Fsp3) is 0.917. The molecule has 1 fully saturated rings. The second-order valence-corrected chi connectivity index (χ2v) is 4.61. The van der Waals surface area contributed by atoms with Gasteiger partial charge in [0.25, 0.3) is 0 Å². The first-order chi connectivity index (χ1) is 7.24. The Morgan fingerprint density at radius 1 is 1.40 bits per heavy atom. The second-order valence-electron chi connectivity index (χ2n) is 4.61. The Labute approximate surface area is 92.8 Å². The van der Waals surface area contributed by atoms with Gasteiger partial charge < -0.3 is 11.1 Å². The van der Waals surface area contributed by atoms with Gasteiger partial charge in [0.2, 0.25) is 5.91 Å². The van der Waals surface area contributed by atoms with Crippen molar-refractivity contribution < 1.29 is 4.79 Å². The quantitative estimate of drug-likeness (QED) is 0.705. The first-order valence-corrected chi connectivity index (χ1v) is 6.26. The largest absolute Gasteiger partial charge is 0.368 e. The molecule has 3 heteroatoms. The zero-order valence-corrected chi connectivity index (χ0v) is 9.80. The highest BCUT2D eigenvalue weighted by atomic mass is 16.1. The first-order valence-electron chi connectivity index (χ1n) is 6.26. The molecule has 0 spiro atoms. The van der Waals surface area contributed by atoms with Gasteiger partial charge in [-0.15, -0.1) is 0 Å². The van der Waals surface area contributed by atoms with E-state index >= 15 is 0 Å². The van der Waals surface area contributed by atoms with Crippen molar-refractivity contribution >= 4 is 5.91 Å². The van der Waals surface area contributed by atoms with Gasteiger partial charge in [-0.2, -0.15) is 0 Å². The Hall–Kier alpha value is -0.570. The van der Waals surface area contributed by atoms with Crippen molar-refractivity contribution in [3.05, 3.63) is 0 Å². The van der Waals surface area contributed by atoms with E-state index in [4.69, 9.17) is 5.73 Å². The van der Waals surface area contributed by atoms with E-state index in [1.54, 1.807) is 0 Å². The number of primary amides is 1. The molecule has 1 aliphatic rings. The first kappa shape index (κ1) is 12.5. The number of hydrogen-bond acceptors (Lipinski definition) is 2. The molecule has 0 bridgehead atoms. The zero-order valence-electron chi connectivity index (χ0n) is 9.80. The standard InChI is InChI=1S/C12H24N2O/c1-2-11(12(13)15)14-9-8-10-6-4-3-5-7-10/h10-11,14H,2-9H2,1H3,(H2,13,15). The molecule has 1 unspecified atom stereocenters. The Bertz CT molecular complexity index is 188. The molecule has 3 nitrogen and oxygen atoms in total. The van der Waals surface area contributed by atoms with Crippen LogP contribution in [0.25, 0.3) is 0 Å². The predicted molar refractivity (Wildman–Crippen MR) is 62.5 cm³/mol. The van der Waals surface area contributed by atoms with Crippen LogP contribution in [0.15, 0.2) is 0 Å². The van der Waals surface area contributed by atoms with E-state index in [2.05, 4.69) is 5.32 Å². The van der Waals surface area contributed by atoms with Crippen LogP contribution in [0.1, 0.15) is 51.9 Å². The van der Waals surface area contributed by atoms with E-state index in [0.29, 0.717) is 0 Å². The summed E-state index contributed by atoms with van der Waals surface area (Å²) in [4.78, 5) is 11.0. The van der Waals surface area contributed by atoms with Gasteiger partial charge in [0.05, 0.1) is 6.04 Å². The third kappa shape index (κ3) is 4.65. The summed E-state index contributed by atoms with van der Waals surface area (Å²) in [6.07, 6.45) is 8.91. The highest BCUT2D eigenvalue weighted by Gasteiger charge is 2.15. The van der Waals surface area contributed by atoms with Crippen LogP contribution in [0.4, 0.5) is 0 Å². The lowest BCUT2D eigenvalue weighted by molar-refractivity contribution is -0.120. The summed E-state index contributed by atoms with van der Waals surface area (Å²) in [7, 11) is 0. The van der Waals surface area contributed by atoms with Crippen molar-refractivity contribution in [2.45, 2.75) is 57.9 Å². The smallest absolute Gasteiger partial charge is 0.234 e. The maximum atomic E-state index is 11.0. The summed E-state index contributed by atoms with van der Waals surface area (Å²) in [6.45, 7) is 2.93. The van der Waals surface area contributed by atoms with Gasteiger partial charge in [-0.1, -0.05) is 39.0 Å². The monoisotopic (exact) mass is 212 g/mol. The lowest BCUT2D eigenvalue weighted by Gasteiger charge is -2.22. The lowest BCUT2D eigenvalue weighted by Crippen LogP contribution is -2.41.